The number of carbonyl (C=O) groups excluding carboxylic acids is 5. The molecule has 1 aliphatic rings. The summed E-state index contributed by atoms with van der Waals surface area (Å²) < 4.78 is 30.0. The summed E-state index contributed by atoms with van der Waals surface area (Å²) in [5.74, 6) is -4.25. The number of methoxy groups -OCH3 is 1. The molecular formula is C15H20O11. The van der Waals surface area contributed by atoms with Gasteiger partial charge in [0.1, 0.15) is 0 Å². The van der Waals surface area contributed by atoms with Gasteiger partial charge in [0, 0.05) is 27.7 Å². The van der Waals surface area contributed by atoms with E-state index in [1.165, 1.54) is 0 Å². The minimum Gasteiger partial charge on any atom is -0.467 e. The second kappa shape index (κ2) is 9.13. The van der Waals surface area contributed by atoms with E-state index in [-0.39, 0.29) is 0 Å². The van der Waals surface area contributed by atoms with Crippen LogP contribution in [0.1, 0.15) is 27.7 Å². The average Bonchev–Trinajstić information content (AvgIpc) is 2.50. The molecule has 1 heterocycles. The Morgan fingerprint density at radius 2 is 1.08 bits per heavy atom. The van der Waals surface area contributed by atoms with Gasteiger partial charge in [-0.1, -0.05) is 0 Å². The molecule has 0 spiro atoms. The molecule has 11 heteroatoms. The molecule has 3 unspecified atom stereocenters. The number of ether oxygens (including phenoxy) is 6. The highest BCUT2D eigenvalue weighted by atomic mass is 16.7. The zero-order chi connectivity index (χ0) is 20.0. The number of hydrogen-bond donors (Lipinski definition) is 0. The highest BCUT2D eigenvalue weighted by Crippen LogP contribution is 2.30. The van der Waals surface area contributed by atoms with Crippen LogP contribution in [0.4, 0.5) is 0 Å². The zero-order valence-corrected chi connectivity index (χ0v) is 14.9. The molecule has 0 radical (unpaired) electrons. The number of esters is 5. The molecule has 0 aromatic carbocycles. The molecular weight excluding hydrogens is 356 g/mol. The van der Waals surface area contributed by atoms with Crippen molar-refractivity contribution >= 4 is 29.8 Å². The summed E-state index contributed by atoms with van der Waals surface area (Å²) >= 11 is 0. The van der Waals surface area contributed by atoms with Gasteiger partial charge in [-0.2, -0.15) is 0 Å². The van der Waals surface area contributed by atoms with Gasteiger partial charge in [-0.25, -0.2) is 4.79 Å². The van der Waals surface area contributed by atoms with Crippen molar-refractivity contribution in [3.63, 3.8) is 0 Å². The van der Waals surface area contributed by atoms with E-state index in [1.807, 2.05) is 0 Å². The first-order valence-electron chi connectivity index (χ1n) is 7.49. The number of rotatable bonds is 5. The molecule has 0 bridgehead atoms. The highest BCUT2D eigenvalue weighted by molar-refractivity contribution is 5.77. The second-order valence-corrected chi connectivity index (χ2v) is 5.28. The Labute approximate surface area is 148 Å². The Hall–Kier alpha value is -2.69. The van der Waals surface area contributed by atoms with Gasteiger partial charge in [-0.05, 0) is 0 Å². The Morgan fingerprint density at radius 3 is 1.50 bits per heavy atom. The van der Waals surface area contributed by atoms with Crippen LogP contribution in [0.25, 0.3) is 0 Å². The van der Waals surface area contributed by atoms with Crippen molar-refractivity contribution in [2.24, 2.45) is 0 Å². The first-order chi connectivity index (χ1) is 12.1. The van der Waals surface area contributed by atoms with E-state index in [4.69, 9.17) is 23.7 Å². The Bertz CT molecular complexity index is 584. The Morgan fingerprint density at radius 1 is 0.654 bits per heavy atom. The van der Waals surface area contributed by atoms with Crippen LogP contribution in [0.15, 0.2) is 0 Å². The van der Waals surface area contributed by atoms with Crippen LogP contribution >= 0.6 is 0 Å². The quantitative estimate of drug-likeness (QED) is 0.441. The molecule has 0 amide bonds. The third-order valence-electron chi connectivity index (χ3n) is 3.12. The lowest BCUT2D eigenvalue weighted by Gasteiger charge is -2.42. The van der Waals surface area contributed by atoms with Crippen LogP contribution in [-0.4, -0.2) is 67.7 Å². The topological polar surface area (TPSA) is 141 Å². The molecule has 26 heavy (non-hydrogen) atoms. The van der Waals surface area contributed by atoms with E-state index >= 15 is 0 Å². The fourth-order valence-corrected chi connectivity index (χ4v) is 2.34. The van der Waals surface area contributed by atoms with Crippen molar-refractivity contribution in [3.8, 4) is 0 Å². The molecule has 1 saturated heterocycles. The van der Waals surface area contributed by atoms with Crippen LogP contribution in [0.2, 0.25) is 0 Å². The molecule has 146 valence electrons. The fourth-order valence-electron chi connectivity index (χ4n) is 2.34. The zero-order valence-electron chi connectivity index (χ0n) is 14.9. The standard InChI is InChI=1S/C15H20O11/c1-6(16)22-10-11(23-7(2)17)13(24-8(3)18)15(25-9(4)19)26-12(10)14(20)21-5/h10-13,15H,1-5H3/t10-,11?,12?,13?,15+/m0/s1. The second-order valence-electron chi connectivity index (χ2n) is 5.28. The van der Waals surface area contributed by atoms with E-state index in [0.717, 1.165) is 34.8 Å². The largest absolute Gasteiger partial charge is 0.467 e. The van der Waals surface area contributed by atoms with Crippen LogP contribution in [0, 0.1) is 0 Å². The number of hydrogen-bond acceptors (Lipinski definition) is 11. The molecule has 11 nitrogen and oxygen atoms in total. The van der Waals surface area contributed by atoms with Crippen molar-refractivity contribution in [1.82, 2.24) is 0 Å². The third-order valence-corrected chi connectivity index (χ3v) is 3.12. The van der Waals surface area contributed by atoms with E-state index in [9.17, 15) is 24.0 Å². The Balaban J connectivity index is 3.37. The summed E-state index contributed by atoms with van der Waals surface area (Å²) in [6.07, 6.45) is -7.66. The maximum Gasteiger partial charge on any atom is 0.339 e. The fraction of sp³-hybridized carbons (Fsp3) is 0.667. The van der Waals surface area contributed by atoms with Crippen LogP contribution < -0.4 is 0 Å². The van der Waals surface area contributed by atoms with E-state index < -0.39 is 60.6 Å². The molecule has 0 aromatic heterocycles. The molecule has 0 saturated carbocycles. The van der Waals surface area contributed by atoms with Crippen molar-refractivity contribution in [2.75, 3.05) is 7.11 Å². The molecule has 0 N–H and O–H groups in total. The lowest BCUT2D eigenvalue weighted by Crippen LogP contribution is -2.64. The van der Waals surface area contributed by atoms with Crippen molar-refractivity contribution < 1.29 is 52.4 Å². The summed E-state index contributed by atoms with van der Waals surface area (Å²) in [6, 6.07) is 0. The van der Waals surface area contributed by atoms with Gasteiger partial charge in [0.15, 0.2) is 18.3 Å². The molecule has 0 aromatic rings. The molecule has 1 fully saturated rings. The van der Waals surface area contributed by atoms with E-state index in [2.05, 4.69) is 4.74 Å². The lowest BCUT2D eigenvalue weighted by molar-refractivity contribution is -0.294. The third kappa shape index (κ3) is 5.69. The van der Waals surface area contributed by atoms with Gasteiger partial charge in [-0.3, -0.25) is 19.2 Å². The first kappa shape index (κ1) is 21.4. The van der Waals surface area contributed by atoms with Gasteiger partial charge >= 0.3 is 29.8 Å². The Kier molecular flexibility index (Phi) is 7.50. The summed E-state index contributed by atoms with van der Waals surface area (Å²) in [7, 11) is 1.05. The van der Waals surface area contributed by atoms with Crippen molar-refractivity contribution in [2.45, 2.75) is 58.4 Å². The maximum absolute atomic E-state index is 12.0. The molecule has 0 aliphatic carbocycles. The van der Waals surface area contributed by atoms with Gasteiger partial charge in [-0.15, -0.1) is 0 Å². The smallest absolute Gasteiger partial charge is 0.339 e. The minimum absolute atomic E-state index is 0.814. The normalized spacial score (nSPS) is 27.7. The predicted molar refractivity (Wildman–Crippen MR) is 79.1 cm³/mol. The van der Waals surface area contributed by atoms with Crippen LogP contribution in [0.3, 0.4) is 0 Å². The van der Waals surface area contributed by atoms with E-state index in [0.29, 0.717) is 0 Å². The van der Waals surface area contributed by atoms with Gasteiger partial charge in [0.05, 0.1) is 7.11 Å². The molecule has 5 atom stereocenters. The van der Waals surface area contributed by atoms with Crippen molar-refractivity contribution in [1.29, 1.82) is 0 Å². The summed E-state index contributed by atoms with van der Waals surface area (Å²) in [5.41, 5.74) is 0. The molecule has 1 rings (SSSR count). The summed E-state index contributed by atoms with van der Waals surface area (Å²) in [4.78, 5) is 57.7. The highest BCUT2D eigenvalue weighted by Gasteiger charge is 2.56. The summed E-state index contributed by atoms with van der Waals surface area (Å²) in [5, 5.41) is 0. The van der Waals surface area contributed by atoms with Crippen LogP contribution in [0.5, 0.6) is 0 Å². The van der Waals surface area contributed by atoms with Crippen LogP contribution in [-0.2, 0) is 52.4 Å². The van der Waals surface area contributed by atoms with Crippen molar-refractivity contribution in [3.05, 3.63) is 0 Å². The maximum atomic E-state index is 12.0. The SMILES string of the molecule is COC(=O)C1O[C@@H](OC(C)=O)C(OC(C)=O)C(OC(C)=O)[C@@H]1OC(C)=O. The van der Waals surface area contributed by atoms with Gasteiger partial charge < -0.3 is 28.4 Å². The van der Waals surface area contributed by atoms with Gasteiger partial charge in [0.2, 0.25) is 12.4 Å². The average molecular weight is 376 g/mol. The minimum atomic E-state index is -1.60. The van der Waals surface area contributed by atoms with Gasteiger partial charge in [0.25, 0.3) is 0 Å². The first-order valence-corrected chi connectivity index (χ1v) is 7.49. The monoisotopic (exact) mass is 376 g/mol. The number of carbonyl (C=O) groups is 5. The summed E-state index contributed by atoms with van der Waals surface area (Å²) in [6.45, 7) is 4.22. The lowest BCUT2D eigenvalue weighted by atomic mass is 9.97. The molecule has 1 aliphatic heterocycles. The predicted octanol–water partition coefficient (Wildman–Crippen LogP) is -0.757. The van der Waals surface area contributed by atoms with E-state index in [1.54, 1.807) is 0 Å².